The van der Waals surface area contributed by atoms with Crippen molar-refractivity contribution in [3.05, 3.63) is 45.1 Å². The average molecular weight is 449 g/mol. The normalized spacial score (nSPS) is 12.8. The SMILES string of the molecule is CC(NC(=O)c1ccc(Br)s1)C(=O)Nc1nc2ccccc2n1C(C)(C)C. The van der Waals surface area contributed by atoms with Crippen LogP contribution in [0, 0.1) is 0 Å². The minimum atomic E-state index is -0.702. The van der Waals surface area contributed by atoms with E-state index in [0.29, 0.717) is 10.8 Å². The van der Waals surface area contributed by atoms with E-state index in [1.165, 1.54) is 11.3 Å². The van der Waals surface area contributed by atoms with Gasteiger partial charge in [-0.3, -0.25) is 14.9 Å². The summed E-state index contributed by atoms with van der Waals surface area (Å²) in [5.74, 6) is -0.133. The summed E-state index contributed by atoms with van der Waals surface area (Å²) in [4.78, 5) is 30.0. The zero-order valence-electron chi connectivity index (χ0n) is 15.5. The van der Waals surface area contributed by atoms with Gasteiger partial charge in [-0.1, -0.05) is 12.1 Å². The molecule has 142 valence electrons. The lowest BCUT2D eigenvalue weighted by Crippen LogP contribution is -2.42. The number of carbonyl (C=O) groups is 2. The molecule has 0 saturated carbocycles. The summed E-state index contributed by atoms with van der Waals surface area (Å²) in [5, 5.41) is 5.58. The Morgan fingerprint density at radius 3 is 2.52 bits per heavy atom. The Morgan fingerprint density at radius 1 is 1.19 bits per heavy atom. The lowest BCUT2D eigenvalue weighted by Gasteiger charge is -2.25. The van der Waals surface area contributed by atoms with Crippen molar-refractivity contribution >= 4 is 56.1 Å². The van der Waals surface area contributed by atoms with Gasteiger partial charge in [0.25, 0.3) is 5.91 Å². The number of anilines is 1. The van der Waals surface area contributed by atoms with Crippen LogP contribution in [0.25, 0.3) is 11.0 Å². The predicted molar refractivity (Wildman–Crippen MR) is 112 cm³/mol. The molecule has 0 bridgehead atoms. The van der Waals surface area contributed by atoms with Crippen molar-refractivity contribution in [2.45, 2.75) is 39.3 Å². The summed E-state index contributed by atoms with van der Waals surface area (Å²) in [7, 11) is 0. The lowest BCUT2D eigenvalue weighted by atomic mass is 10.1. The first kappa shape index (κ1) is 19.6. The highest BCUT2D eigenvalue weighted by atomic mass is 79.9. The number of benzene rings is 1. The first-order valence-electron chi connectivity index (χ1n) is 8.52. The molecule has 0 saturated heterocycles. The van der Waals surface area contributed by atoms with E-state index < -0.39 is 6.04 Å². The van der Waals surface area contributed by atoms with E-state index in [2.05, 4.69) is 52.3 Å². The van der Waals surface area contributed by atoms with Gasteiger partial charge < -0.3 is 9.88 Å². The maximum atomic E-state index is 12.7. The van der Waals surface area contributed by atoms with Crippen LogP contribution in [0.3, 0.4) is 0 Å². The van der Waals surface area contributed by atoms with Crippen molar-refractivity contribution in [2.75, 3.05) is 5.32 Å². The number of halogens is 1. The van der Waals surface area contributed by atoms with Crippen LogP contribution in [-0.2, 0) is 10.3 Å². The first-order chi connectivity index (χ1) is 12.7. The first-order valence-corrected chi connectivity index (χ1v) is 10.1. The second-order valence-electron chi connectivity index (χ2n) is 7.22. The van der Waals surface area contributed by atoms with Gasteiger partial charge in [-0.2, -0.15) is 0 Å². The summed E-state index contributed by atoms with van der Waals surface area (Å²) in [5.41, 5.74) is 1.48. The summed E-state index contributed by atoms with van der Waals surface area (Å²) < 4.78 is 2.86. The molecular weight excluding hydrogens is 428 g/mol. The molecule has 2 amide bonds. The van der Waals surface area contributed by atoms with E-state index in [1.807, 2.05) is 28.8 Å². The molecule has 2 aromatic heterocycles. The molecule has 2 N–H and O–H groups in total. The number of nitrogens with zero attached hydrogens (tertiary/aromatic N) is 2. The Labute approximate surface area is 170 Å². The molecule has 8 heteroatoms. The fraction of sp³-hybridized carbons (Fsp3) is 0.316. The predicted octanol–water partition coefficient (Wildman–Crippen LogP) is 4.37. The molecule has 1 unspecified atom stereocenters. The number of para-hydroxylation sites is 2. The van der Waals surface area contributed by atoms with Gasteiger partial charge in [-0.25, -0.2) is 4.98 Å². The number of aromatic nitrogens is 2. The molecule has 2 heterocycles. The molecule has 0 spiro atoms. The summed E-state index contributed by atoms with van der Waals surface area (Å²) in [6.07, 6.45) is 0. The van der Waals surface area contributed by atoms with Crippen molar-refractivity contribution in [1.82, 2.24) is 14.9 Å². The second kappa shape index (κ2) is 7.44. The molecule has 0 radical (unpaired) electrons. The summed E-state index contributed by atoms with van der Waals surface area (Å²) >= 11 is 4.65. The Kier molecular flexibility index (Phi) is 5.39. The molecule has 1 atom stereocenters. The molecular formula is C19H21BrN4O2S. The molecule has 0 aliphatic rings. The van der Waals surface area contributed by atoms with Crippen LogP contribution in [0.4, 0.5) is 5.95 Å². The van der Waals surface area contributed by atoms with Crippen LogP contribution in [0.2, 0.25) is 0 Å². The number of hydrogen-bond acceptors (Lipinski definition) is 4. The zero-order chi connectivity index (χ0) is 19.8. The number of imidazole rings is 1. The Hall–Kier alpha value is -2.19. The average Bonchev–Trinajstić information content (AvgIpc) is 3.17. The van der Waals surface area contributed by atoms with Gasteiger partial charge in [0.1, 0.15) is 6.04 Å². The monoisotopic (exact) mass is 448 g/mol. The highest BCUT2D eigenvalue weighted by Gasteiger charge is 2.25. The Balaban J connectivity index is 1.80. The van der Waals surface area contributed by atoms with Gasteiger partial charge in [0.05, 0.1) is 19.7 Å². The van der Waals surface area contributed by atoms with Crippen LogP contribution < -0.4 is 10.6 Å². The number of hydrogen-bond donors (Lipinski definition) is 2. The Bertz CT molecular complexity index is 1000. The van der Waals surface area contributed by atoms with Gasteiger partial charge in [0.2, 0.25) is 11.9 Å². The maximum absolute atomic E-state index is 12.7. The van der Waals surface area contributed by atoms with Gasteiger partial charge in [-0.05, 0) is 67.9 Å². The quantitative estimate of drug-likeness (QED) is 0.621. The van der Waals surface area contributed by atoms with Crippen molar-refractivity contribution in [2.24, 2.45) is 0 Å². The third-order valence-electron chi connectivity index (χ3n) is 4.00. The second-order valence-corrected chi connectivity index (χ2v) is 9.68. The fourth-order valence-corrected chi connectivity index (χ4v) is 4.07. The van der Waals surface area contributed by atoms with E-state index in [1.54, 1.807) is 19.1 Å². The van der Waals surface area contributed by atoms with E-state index in [4.69, 9.17) is 0 Å². The molecule has 3 rings (SSSR count). The van der Waals surface area contributed by atoms with E-state index >= 15 is 0 Å². The van der Waals surface area contributed by atoms with Crippen molar-refractivity contribution in [1.29, 1.82) is 0 Å². The molecule has 0 aliphatic heterocycles. The minimum Gasteiger partial charge on any atom is -0.340 e. The third kappa shape index (κ3) is 4.22. The van der Waals surface area contributed by atoms with Crippen molar-refractivity contribution in [3.8, 4) is 0 Å². The van der Waals surface area contributed by atoms with Gasteiger partial charge in [0.15, 0.2) is 0 Å². The largest absolute Gasteiger partial charge is 0.340 e. The molecule has 27 heavy (non-hydrogen) atoms. The molecule has 0 aliphatic carbocycles. The number of amides is 2. The third-order valence-corrected chi connectivity index (χ3v) is 5.63. The van der Waals surface area contributed by atoms with Crippen molar-refractivity contribution < 1.29 is 9.59 Å². The minimum absolute atomic E-state index is 0.269. The van der Waals surface area contributed by atoms with Crippen LogP contribution in [0.5, 0.6) is 0 Å². The summed E-state index contributed by atoms with van der Waals surface area (Å²) in [6, 6.07) is 10.6. The lowest BCUT2D eigenvalue weighted by molar-refractivity contribution is -0.117. The number of nitrogens with one attached hydrogen (secondary N) is 2. The van der Waals surface area contributed by atoms with E-state index in [9.17, 15) is 9.59 Å². The van der Waals surface area contributed by atoms with Gasteiger partial charge in [0, 0.05) is 5.54 Å². The topological polar surface area (TPSA) is 76.0 Å². The van der Waals surface area contributed by atoms with Crippen LogP contribution >= 0.6 is 27.3 Å². The van der Waals surface area contributed by atoms with Crippen LogP contribution in [0.15, 0.2) is 40.2 Å². The molecule has 0 fully saturated rings. The zero-order valence-corrected chi connectivity index (χ0v) is 17.9. The van der Waals surface area contributed by atoms with Gasteiger partial charge in [-0.15, -0.1) is 11.3 Å². The van der Waals surface area contributed by atoms with Crippen LogP contribution in [0.1, 0.15) is 37.4 Å². The fourth-order valence-electron chi connectivity index (χ4n) is 2.78. The molecule has 6 nitrogen and oxygen atoms in total. The van der Waals surface area contributed by atoms with E-state index in [-0.39, 0.29) is 17.4 Å². The Morgan fingerprint density at radius 2 is 1.89 bits per heavy atom. The summed E-state index contributed by atoms with van der Waals surface area (Å²) in [6.45, 7) is 7.81. The van der Waals surface area contributed by atoms with Crippen molar-refractivity contribution in [3.63, 3.8) is 0 Å². The maximum Gasteiger partial charge on any atom is 0.262 e. The number of thiophene rings is 1. The standard InChI is InChI=1S/C19H21BrN4O2S/c1-11(21-17(26)14-9-10-15(20)27-14)16(25)23-18-22-12-7-5-6-8-13(12)24(18)19(2,3)4/h5-11H,1-4H3,(H,21,26)(H,22,23,25). The smallest absolute Gasteiger partial charge is 0.262 e. The highest BCUT2D eigenvalue weighted by molar-refractivity contribution is 9.11. The van der Waals surface area contributed by atoms with E-state index in [0.717, 1.165) is 14.8 Å². The highest BCUT2D eigenvalue weighted by Crippen LogP contribution is 2.28. The molecule has 3 aromatic rings. The van der Waals surface area contributed by atoms with Crippen LogP contribution in [-0.4, -0.2) is 27.4 Å². The number of fused-ring (bicyclic) bond motifs is 1. The molecule has 1 aromatic carbocycles. The number of carbonyl (C=O) groups excluding carboxylic acids is 2. The van der Waals surface area contributed by atoms with Gasteiger partial charge >= 0.3 is 0 Å². The number of rotatable bonds is 4.